The molecule has 0 unspecified atom stereocenters. The van der Waals surface area contributed by atoms with Crippen LogP contribution in [0.3, 0.4) is 0 Å². The molecule has 1 fully saturated rings. The molecule has 0 aliphatic heterocycles. The fourth-order valence-electron chi connectivity index (χ4n) is 1.12. The maximum absolute atomic E-state index is 8.89. The van der Waals surface area contributed by atoms with E-state index in [1.165, 1.54) is 12.8 Å². The minimum absolute atomic E-state index is 0.0614. The molecule has 3 nitrogen and oxygen atoms in total. The lowest BCUT2D eigenvalue weighted by atomic mass is 10.2. The number of rotatable bonds is 2. The number of aliphatic hydroxyl groups excluding tert-OH is 1. The molecule has 0 amide bonds. The maximum atomic E-state index is 8.89. The van der Waals surface area contributed by atoms with Crippen LogP contribution >= 0.6 is 11.6 Å². The van der Waals surface area contributed by atoms with E-state index in [1.54, 1.807) is 0 Å². The molecule has 0 bridgehead atoms. The zero-order valence-electron chi connectivity index (χ0n) is 6.50. The summed E-state index contributed by atoms with van der Waals surface area (Å²) in [6.45, 7) is -0.0614. The zero-order valence-corrected chi connectivity index (χ0v) is 7.25. The van der Waals surface area contributed by atoms with Crippen LogP contribution in [0.15, 0.2) is 6.07 Å². The van der Waals surface area contributed by atoms with Crippen molar-refractivity contribution in [1.82, 2.24) is 10.2 Å². The lowest BCUT2D eigenvalue weighted by molar-refractivity contribution is 0.281. The van der Waals surface area contributed by atoms with E-state index in [2.05, 4.69) is 10.2 Å². The van der Waals surface area contributed by atoms with E-state index in [1.807, 2.05) is 6.07 Å². The summed E-state index contributed by atoms with van der Waals surface area (Å²) < 4.78 is 0. The van der Waals surface area contributed by atoms with Gasteiger partial charge in [-0.1, -0.05) is 11.6 Å². The van der Waals surface area contributed by atoms with Crippen LogP contribution < -0.4 is 0 Å². The molecular weight excluding hydrogens is 176 g/mol. The van der Waals surface area contributed by atoms with Crippen LogP contribution in [0.5, 0.6) is 0 Å². The number of nitrogens with zero attached hydrogens (tertiary/aromatic N) is 2. The molecule has 0 saturated heterocycles. The molecule has 1 heterocycles. The van der Waals surface area contributed by atoms with Crippen molar-refractivity contribution >= 4 is 11.6 Å². The molecule has 0 atom stereocenters. The molecule has 0 aromatic carbocycles. The van der Waals surface area contributed by atoms with Gasteiger partial charge in [-0.3, -0.25) is 0 Å². The molecule has 2 rings (SSSR count). The van der Waals surface area contributed by atoms with E-state index in [0.717, 1.165) is 5.69 Å². The second-order valence-corrected chi connectivity index (χ2v) is 3.38. The van der Waals surface area contributed by atoms with Crippen molar-refractivity contribution in [3.8, 4) is 0 Å². The first kappa shape index (κ1) is 7.95. The van der Waals surface area contributed by atoms with Crippen molar-refractivity contribution in [3.05, 3.63) is 22.5 Å². The standard InChI is InChI=1S/C8H9ClN2O/c9-8-6(4-12)3-7(10-11-8)5-1-2-5/h3,5,12H,1-2,4H2. The van der Waals surface area contributed by atoms with E-state index in [0.29, 0.717) is 16.6 Å². The van der Waals surface area contributed by atoms with Crippen molar-refractivity contribution in [3.63, 3.8) is 0 Å². The number of hydrogen-bond acceptors (Lipinski definition) is 3. The molecule has 1 N–H and O–H groups in total. The first-order valence-corrected chi connectivity index (χ1v) is 4.32. The third-order valence-corrected chi connectivity index (χ3v) is 2.32. The maximum Gasteiger partial charge on any atom is 0.157 e. The Kier molecular flexibility index (Phi) is 1.98. The molecule has 64 valence electrons. The summed E-state index contributed by atoms with van der Waals surface area (Å²) in [7, 11) is 0. The Hall–Kier alpha value is -0.670. The van der Waals surface area contributed by atoms with Crippen LogP contribution in [0.25, 0.3) is 0 Å². The van der Waals surface area contributed by atoms with Gasteiger partial charge in [0.05, 0.1) is 12.3 Å². The fraction of sp³-hybridized carbons (Fsp3) is 0.500. The third kappa shape index (κ3) is 1.42. The van der Waals surface area contributed by atoms with Crippen LogP contribution in [0.2, 0.25) is 5.15 Å². The molecule has 1 aromatic heterocycles. The van der Waals surface area contributed by atoms with Gasteiger partial charge >= 0.3 is 0 Å². The Morgan fingerprint density at radius 1 is 1.50 bits per heavy atom. The molecule has 1 aliphatic rings. The highest BCUT2D eigenvalue weighted by Gasteiger charge is 2.25. The molecule has 1 saturated carbocycles. The lowest BCUT2D eigenvalue weighted by Crippen LogP contribution is -1.96. The van der Waals surface area contributed by atoms with Crippen LogP contribution in [0.1, 0.15) is 30.0 Å². The highest BCUT2D eigenvalue weighted by Crippen LogP contribution is 2.39. The van der Waals surface area contributed by atoms with E-state index >= 15 is 0 Å². The van der Waals surface area contributed by atoms with Crippen LogP contribution in [-0.4, -0.2) is 15.3 Å². The molecule has 1 aromatic rings. The SMILES string of the molecule is OCc1cc(C2CC2)nnc1Cl. The van der Waals surface area contributed by atoms with Gasteiger partial charge in [0.25, 0.3) is 0 Å². The smallest absolute Gasteiger partial charge is 0.157 e. The number of halogens is 1. The molecule has 0 spiro atoms. The van der Waals surface area contributed by atoms with Gasteiger partial charge in [0.1, 0.15) is 0 Å². The summed E-state index contributed by atoms with van der Waals surface area (Å²) in [6, 6.07) is 1.84. The van der Waals surface area contributed by atoms with Crippen molar-refractivity contribution < 1.29 is 5.11 Å². The summed E-state index contributed by atoms with van der Waals surface area (Å²) in [5.74, 6) is 0.556. The summed E-state index contributed by atoms with van der Waals surface area (Å²) >= 11 is 5.69. The topological polar surface area (TPSA) is 46.0 Å². The molecule has 1 aliphatic carbocycles. The Morgan fingerprint density at radius 2 is 2.25 bits per heavy atom. The van der Waals surface area contributed by atoms with Gasteiger partial charge in [-0.15, -0.1) is 5.10 Å². The number of hydrogen-bond donors (Lipinski definition) is 1. The quantitative estimate of drug-likeness (QED) is 0.758. The van der Waals surface area contributed by atoms with Gasteiger partial charge in [-0.2, -0.15) is 5.10 Å². The Bertz CT molecular complexity index is 299. The largest absolute Gasteiger partial charge is 0.392 e. The Balaban J connectivity index is 2.33. The van der Waals surface area contributed by atoms with Gasteiger partial charge in [0, 0.05) is 11.5 Å². The average molecular weight is 185 g/mol. The monoisotopic (exact) mass is 184 g/mol. The molecule has 4 heteroatoms. The third-order valence-electron chi connectivity index (χ3n) is 2.01. The lowest BCUT2D eigenvalue weighted by Gasteiger charge is -2.00. The highest BCUT2D eigenvalue weighted by atomic mass is 35.5. The van der Waals surface area contributed by atoms with Gasteiger partial charge in [0.2, 0.25) is 0 Å². The molecular formula is C8H9ClN2O. The van der Waals surface area contributed by atoms with Gasteiger partial charge in [-0.05, 0) is 18.9 Å². The minimum atomic E-state index is -0.0614. The second kappa shape index (κ2) is 2.99. The summed E-state index contributed by atoms with van der Waals surface area (Å²) in [6.07, 6.45) is 2.36. The first-order chi connectivity index (χ1) is 5.81. The Morgan fingerprint density at radius 3 is 2.83 bits per heavy atom. The predicted octanol–water partition coefficient (Wildman–Crippen LogP) is 1.50. The van der Waals surface area contributed by atoms with Gasteiger partial charge in [0.15, 0.2) is 5.15 Å². The Labute approximate surface area is 75.4 Å². The molecule has 12 heavy (non-hydrogen) atoms. The summed E-state index contributed by atoms with van der Waals surface area (Å²) in [5, 5.41) is 16.9. The van der Waals surface area contributed by atoms with E-state index in [9.17, 15) is 0 Å². The van der Waals surface area contributed by atoms with Crippen LogP contribution in [-0.2, 0) is 6.61 Å². The van der Waals surface area contributed by atoms with Crippen molar-refractivity contribution in [2.45, 2.75) is 25.4 Å². The van der Waals surface area contributed by atoms with E-state index in [-0.39, 0.29) is 6.61 Å². The van der Waals surface area contributed by atoms with Crippen molar-refractivity contribution in [1.29, 1.82) is 0 Å². The average Bonchev–Trinajstić information content (AvgIpc) is 2.88. The number of aromatic nitrogens is 2. The van der Waals surface area contributed by atoms with Crippen molar-refractivity contribution in [2.24, 2.45) is 0 Å². The minimum Gasteiger partial charge on any atom is -0.392 e. The van der Waals surface area contributed by atoms with Gasteiger partial charge in [-0.25, -0.2) is 0 Å². The van der Waals surface area contributed by atoms with E-state index < -0.39 is 0 Å². The predicted molar refractivity (Wildman–Crippen MR) is 44.9 cm³/mol. The van der Waals surface area contributed by atoms with Gasteiger partial charge < -0.3 is 5.11 Å². The van der Waals surface area contributed by atoms with Crippen molar-refractivity contribution in [2.75, 3.05) is 0 Å². The zero-order chi connectivity index (χ0) is 8.55. The number of aliphatic hydroxyl groups is 1. The summed E-state index contributed by atoms with van der Waals surface area (Å²) in [5.41, 5.74) is 1.64. The normalized spacial score (nSPS) is 16.5. The first-order valence-electron chi connectivity index (χ1n) is 3.94. The highest BCUT2D eigenvalue weighted by molar-refractivity contribution is 6.30. The van der Waals surface area contributed by atoms with E-state index in [4.69, 9.17) is 16.7 Å². The molecule has 0 radical (unpaired) electrons. The van der Waals surface area contributed by atoms with Crippen LogP contribution in [0, 0.1) is 0 Å². The second-order valence-electron chi connectivity index (χ2n) is 3.02. The summed E-state index contributed by atoms with van der Waals surface area (Å²) in [4.78, 5) is 0. The van der Waals surface area contributed by atoms with Crippen LogP contribution in [0.4, 0.5) is 0 Å². The fourth-order valence-corrected chi connectivity index (χ4v) is 1.27.